The van der Waals surface area contributed by atoms with Gasteiger partial charge in [-0.15, -0.1) is 0 Å². The van der Waals surface area contributed by atoms with Crippen molar-refractivity contribution < 1.29 is 9.47 Å². The highest BCUT2D eigenvalue weighted by atomic mass is 16.5. The number of nitrogen functional groups attached to an aromatic ring is 1. The Morgan fingerprint density at radius 3 is 1.81 bits per heavy atom. The maximum absolute atomic E-state index is 6.48. The van der Waals surface area contributed by atoms with Gasteiger partial charge >= 0.3 is 0 Å². The van der Waals surface area contributed by atoms with Gasteiger partial charge in [-0.3, -0.25) is 5.01 Å². The number of anilines is 3. The Balaban J connectivity index is 1.94. The Hall–Kier alpha value is -3.18. The lowest BCUT2D eigenvalue weighted by Crippen LogP contribution is -2.26. The molecule has 3 aromatic carbocycles. The van der Waals surface area contributed by atoms with E-state index < -0.39 is 0 Å². The van der Waals surface area contributed by atoms with Gasteiger partial charge in [0, 0.05) is 0 Å². The van der Waals surface area contributed by atoms with E-state index >= 15 is 0 Å². The molecule has 0 unspecified atom stereocenters. The van der Waals surface area contributed by atoms with Crippen LogP contribution in [0.1, 0.15) is 40.2 Å². The molecule has 0 aliphatic rings. The van der Waals surface area contributed by atoms with E-state index in [2.05, 4.69) is 25.1 Å². The molecule has 0 bridgehead atoms. The van der Waals surface area contributed by atoms with E-state index in [1.54, 1.807) is 5.01 Å². The summed E-state index contributed by atoms with van der Waals surface area (Å²) in [6.45, 7) is 10.2. The van der Waals surface area contributed by atoms with Crippen LogP contribution in [0.5, 0.6) is 11.5 Å². The van der Waals surface area contributed by atoms with Gasteiger partial charge in [0.25, 0.3) is 0 Å². The van der Waals surface area contributed by atoms with E-state index in [1.807, 2.05) is 70.2 Å². The maximum Gasteiger partial charge on any atom is 0.119 e. The summed E-state index contributed by atoms with van der Waals surface area (Å²) in [7, 11) is 0. The summed E-state index contributed by atoms with van der Waals surface area (Å²) in [5.41, 5.74) is 12.0. The number of hydrogen-bond donors (Lipinski definition) is 2. The van der Waals surface area contributed by atoms with Crippen molar-refractivity contribution >= 4 is 17.1 Å². The smallest absolute Gasteiger partial charge is 0.119 e. The standard InChI is InChI=1S/C26H33N3O2/c1-6-19-15-25(27)26(29(28)21-9-13-23(14-10-21)31-18(4)5)16-24(19)20-7-11-22(12-8-20)30-17(2)3/h7-18H,6,27-28H2,1-5H3. The Morgan fingerprint density at radius 2 is 1.32 bits per heavy atom. The van der Waals surface area contributed by atoms with Crippen molar-refractivity contribution in [2.75, 3.05) is 10.7 Å². The lowest BCUT2D eigenvalue weighted by Gasteiger charge is -2.23. The fraction of sp³-hybridized carbons (Fsp3) is 0.308. The predicted molar refractivity (Wildman–Crippen MR) is 130 cm³/mol. The van der Waals surface area contributed by atoms with Crippen LogP contribution in [-0.2, 0) is 6.42 Å². The summed E-state index contributed by atoms with van der Waals surface area (Å²) >= 11 is 0. The van der Waals surface area contributed by atoms with Crippen molar-refractivity contribution in [3.8, 4) is 22.6 Å². The van der Waals surface area contributed by atoms with E-state index in [4.69, 9.17) is 21.1 Å². The van der Waals surface area contributed by atoms with Crippen LogP contribution in [0.4, 0.5) is 17.1 Å². The fourth-order valence-electron chi connectivity index (χ4n) is 3.50. The molecular weight excluding hydrogens is 386 g/mol. The molecule has 0 aromatic heterocycles. The van der Waals surface area contributed by atoms with E-state index in [1.165, 1.54) is 5.56 Å². The first-order valence-electron chi connectivity index (χ1n) is 10.8. The fourth-order valence-corrected chi connectivity index (χ4v) is 3.50. The third-order valence-electron chi connectivity index (χ3n) is 4.92. The van der Waals surface area contributed by atoms with Crippen molar-refractivity contribution in [1.82, 2.24) is 0 Å². The number of nitrogens with zero attached hydrogens (tertiary/aromatic N) is 1. The van der Waals surface area contributed by atoms with Gasteiger partial charge in [-0.25, -0.2) is 5.84 Å². The Labute approximate surface area is 185 Å². The topological polar surface area (TPSA) is 73.7 Å². The summed E-state index contributed by atoms with van der Waals surface area (Å²) in [5, 5.41) is 1.62. The minimum absolute atomic E-state index is 0.122. The molecule has 0 fully saturated rings. The molecule has 0 saturated carbocycles. The van der Waals surface area contributed by atoms with Crippen molar-refractivity contribution in [2.24, 2.45) is 5.84 Å². The van der Waals surface area contributed by atoms with Crippen LogP contribution in [0.3, 0.4) is 0 Å². The number of ether oxygens (including phenoxy) is 2. The monoisotopic (exact) mass is 419 g/mol. The molecule has 0 aliphatic heterocycles. The molecule has 3 rings (SSSR count). The zero-order valence-electron chi connectivity index (χ0n) is 19.1. The average molecular weight is 420 g/mol. The van der Waals surface area contributed by atoms with Crippen molar-refractivity contribution in [3.05, 3.63) is 66.2 Å². The highest BCUT2D eigenvalue weighted by Crippen LogP contribution is 2.36. The average Bonchev–Trinajstić information content (AvgIpc) is 2.73. The van der Waals surface area contributed by atoms with Gasteiger partial charge in [-0.05, 0) is 99.3 Å². The Bertz CT molecular complexity index is 996. The Kier molecular flexibility index (Phi) is 7.08. The number of benzene rings is 3. The third-order valence-corrected chi connectivity index (χ3v) is 4.92. The zero-order valence-corrected chi connectivity index (χ0v) is 19.1. The first kappa shape index (κ1) is 22.5. The molecule has 0 amide bonds. The van der Waals surface area contributed by atoms with E-state index in [0.717, 1.165) is 40.4 Å². The minimum atomic E-state index is 0.122. The second kappa shape index (κ2) is 9.75. The summed E-state index contributed by atoms with van der Waals surface area (Å²) in [4.78, 5) is 0. The molecule has 3 aromatic rings. The molecule has 0 atom stereocenters. The first-order valence-corrected chi connectivity index (χ1v) is 10.8. The van der Waals surface area contributed by atoms with Gasteiger partial charge < -0.3 is 15.2 Å². The number of nitrogens with two attached hydrogens (primary N) is 2. The summed E-state index contributed by atoms with van der Waals surface area (Å²) in [6.07, 6.45) is 1.14. The van der Waals surface area contributed by atoms with Crippen LogP contribution >= 0.6 is 0 Å². The maximum atomic E-state index is 6.48. The van der Waals surface area contributed by atoms with Crippen LogP contribution in [-0.4, -0.2) is 12.2 Å². The third kappa shape index (κ3) is 5.50. The second-order valence-corrected chi connectivity index (χ2v) is 8.14. The van der Waals surface area contributed by atoms with Crippen LogP contribution in [0.15, 0.2) is 60.7 Å². The summed E-state index contributed by atoms with van der Waals surface area (Å²) in [6, 6.07) is 19.9. The van der Waals surface area contributed by atoms with Gasteiger partial charge in [-0.1, -0.05) is 19.1 Å². The predicted octanol–water partition coefficient (Wildman–Crippen LogP) is 6.08. The van der Waals surface area contributed by atoms with Gasteiger partial charge in [0.1, 0.15) is 11.5 Å². The van der Waals surface area contributed by atoms with Crippen LogP contribution in [0.2, 0.25) is 0 Å². The molecule has 31 heavy (non-hydrogen) atoms. The van der Waals surface area contributed by atoms with Gasteiger partial charge in [-0.2, -0.15) is 0 Å². The highest BCUT2D eigenvalue weighted by molar-refractivity contribution is 5.82. The van der Waals surface area contributed by atoms with Crippen LogP contribution in [0, 0.1) is 0 Å². The quantitative estimate of drug-likeness (QED) is 0.263. The van der Waals surface area contributed by atoms with Crippen LogP contribution in [0.25, 0.3) is 11.1 Å². The van der Waals surface area contributed by atoms with Crippen molar-refractivity contribution in [1.29, 1.82) is 0 Å². The molecule has 5 nitrogen and oxygen atoms in total. The number of rotatable bonds is 8. The zero-order chi connectivity index (χ0) is 22.5. The minimum Gasteiger partial charge on any atom is -0.491 e. The number of hydrazine groups is 1. The van der Waals surface area contributed by atoms with E-state index in [9.17, 15) is 0 Å². The summed E-state index contributed by atoms with van der Waals surface area (Å²) in [5.74, 6) is 8.15. The van der Waals surface area contributed by atoms with Crippen LogP contribution < -0.4 is 26.1 Å². The second-order valence-electron chi connectivity index (χ2n) is 8.14. The van der Waals surface area contributed by atoms with Gasteiger partial charge in [0.05, 0.1) is 29.3 Å². The summed E-state index contributed by atoms with van der Waals surface area (Å²) < 4.78 is 11.5. The van der Waals surface area contributed by atoms with E-state index in [-0.39, 0.29) is 12.2 Å². The van der Waals surface area contributed by atoms with Gasteiger partial charge in [0.2, 0.25) is 0 Å². The molecule has 0 saturated heterocycles. The molecule has 5 heteroatoms. The lowest BCUT2D eigenvalue weighted by atomic mass is 9.96. The highest BCUT2D eigenvalue weighted by Gasteiger charge is 2.14. The lowest BCUT2D eigenvalue weighted by molar-refractivity contribution is 0.242. The number of hydrogen-bond acceptors (Lipinski definition) is 5. The SMILES string of the molecule is CCc1cc(N)c(N(N)c2ccc(OC(C)C)cc2)cc1-c1ccc(OC(C)C)cc1. The normalized spacial score (nSPS) is 11.1. The number of aryl methyl sites for hydroxylation is 1. The molecule has 164 valence electrons. The molecule has 0 heterocycles. The molecular formula is C26H33N3O2. The van der Waals surface area contributed by atoms with Crippen molar-refractivity contribution in [3.63, 3.8) is 0 Å². The Morgan fingerprint density at radius 1 is 0.806 bits per heavy atom. The first-order chi connectivity index (χ1) is 14.8. The molecule has 0 aliphatic carbocycles. The molecule has 0 spiro atoms. The van der Waals surface area contributed by atoms with E-state index in [0.29, 0.717) is 5.69 Å². The molecule has 4 N–H and O–H groups in total. The molecule has 0 radical (unpaired) electrons. The van der Waals surface area contributed by atoms with Crippen molar-refractivity contribution in [2.45, 2.75) is 53.2 Å². The van der Waals surface area contributed by atoms with Gasteiger partial charge in [0.15, 0.2) is 0 Å². The largest absolute Gasteiger partial charge is 0.491 e.